The van der Waals surface area contributed by atoms with Crippen LogP contribution in [0.25, 0.3) is 0 Å². The second kappa shape index (κ2) is 8.57. The first-order chi connectivity index (χ1) is 12.6. The minimum Gasteiger partial charge on any atom is -0.348 e. The number of alkyl halides is 2. The van der Waals surface area contributed by atoms with Crippen LogP contribution in [0.4, 0.5) is 8.78 Å². The van der Waals surface area contributed by atoms with E-state index in [1.807, 2.05) is 35.0 Å². The molecule has 0 spiro atoms. The molecule has 0 aliphatic heterocycles. The molecule has 0 unspecified atom stereocenters. The monoisotopic (exact) mass is 374 g/mol. The molecule has 3 aromatic rings. The zero-order valence-electron chi connectivity index (χ0n) is 13.7. The Morgan fingerprint density at radius 3 is 2.62 bits per heavy atom. The van der Waals surface area contributed by atoms with Crippen LogP contribution in [-0.4, -0.2) is 26.2 Å². The number of nitrogens with zero attached hydrogens (tertiary/aromatic N) is 3. The number of halogens is 2. The number of nitrogens with one attached hydrogen (secondary N) is 1. The first-order valence-electron chi connectivity index (χ1n) is 7.83. The molecule has 0 atom stereocenters. The normalized spacial score (nSPS) is 10.9. The van der Waals surface area contributed by atoms with E-state index in [1.54, 1.807) is 18.6 Å². The largest absolute Gasteiger partial charge is 0.348 e. The molecule has 0 fully saturated rings. The van der Waals surface area contributed by atoms with Gasteiger partial charge in [0.05, 0.1) is 11.9 Å². The Balaban J connectivity index is 1.59. The van der Waals surface area contributed by atoms with Crippen LogP contribution >= 0.6 is 11.8 Å². The fraction of sp³-hybridized carbons (Fsp3) is 0.167. The lowest BCUT2D eigenvalue weighted by Crippen LogP contribution is -2.23. The molecule has 8 heteroatoms. The van der Waals surface area contributed by atoms with Crippen molar-refractivity contribution >= 4 is 17.7 Å². The van der Waals surface area contributed by atoms with Crippen molar-refractivity contribution in [3.05, 3.63) is 78.0 Å². The van der Waals surface area contributed by atoms with Gasteiger partial charge in [0.25, 0.3) is 11.7 Å². The molecule has 0 saturated heterocycles. The first kappa shape index (κ1) is 18.1. The lowest BCUT2D eigenvalue weighted by atomic mass is 10.1. The molecule has 0 aliphatic carbocycles. The van der Waals surface area contributed by atoms with Gasteiger partial charge in [-0.15, -0.1) is 0 Å². The molecule has 1 amide bonds. The topological polar surface area (TPSA) is 59.8 Å². The van der Waals surface area contributed by atoms with Crippen molar-refractivity contribution < 1.29 is 13.6 Å². The summed E-state index contributed by atoms with van der Waals surface area (Å²) in [7, 11) is 0. The highest BCUT2D eigenvalue weighted by Gasteiger charge is 2.16. The molecule has 0 aliphatic rings. The van der Waals surface area contributed by atoms with Crippen LogP contribution in [0.2, 0.25) is 0 Å². The number of amides is 1. The van der Waals surface area contributed by atoms with E-state index in [4.69, 9.17) is 0 Å². The summed E-state index contributed by atoms with van der Waals surface area (Å²) in [6.45, 7) is 1.02. The zero-order chi connectivity index (χ0) is 18.4. The second-order valence-corrected chi connectivity index (χ2v) is 6.45. The average molecular weight is 374 g/mol. The lowest BCUT2D eigenvalue weighted by molar-refractivity contribution is 0.0947. The molecule has 134 valence electrons. The zero-order valence-corrected chi connectivity index (χ0v) is 14.5. The number of carbonyl (C=O) groups is 1. The quantitative estimate of drug-likeness (QED) is 0.643. The molecular formula is C18H16F2N4OS. The van der Waals surface area contributed by atoms with Crippen LogP contribution < -0.4 is 5.32 Å². The van der Waals surface area contributed by atoms with Gasteiger partial charge in [0.1, 0.15) is 5.03 Å². The van der Waals surface area contributed by atoms with Crippen molar-refractivity contribution in [3.63, 3.8) is 0 Å². The molecular weight excluding hydrogens is 358 g/mol. The fourth-order valence-electron chi connectivity index (χ4n) is 2.37. The number of rotatable bonds is 7. The number of thioether (sulfide) groups is 1. The number of hydrogen-bond donors (Lipinski definition) is 1. The maximum absolute atomic E-state index is 12.6. The van der Waals surface area contributed by atoms with Gasteiger partial charge in [0.15, 0.2) is 0 Å². The summed E-state index contributed by atoms with van der Waals surface area (Å²) in [6, 6.07) is 10.8. The Bertz CT molecular complexity index is 854. The number of hydrogen-bond acceptors (Lipinski definition) is 4. The highest BCUT2D eigenvalue weighted by molar-refractivity contribution is 7.99. The summed E-state index contributed by atoms with van der Waals surface area (Å²) in [5.74, 6) is -3.05. The predicted octanol–water partition coefficient (Wildman–Crippen LogP) is 3.57. The summed E-state index contributed by atoms with van der Waals surface area (Å²) in [4.78, 5) is 20.1. The second-order valence-electron chi connectivity index (χ2n) is 5.47. The van der Waals surface area contributed by atoms with E-state index in [0.29, 0.717) is 6.54 Å². The van der Waals surface area contributed by atoms with E-state index in [0.717, 1.165) is 17.7 Å². The highest BCUT2D eigenvalue weighted by Crippen LogP contribution is 2.26. The minimum absolute atomic E-state index is 0.0238. The van der Waals surface area contributed by atoms with E-state index in [-0.39, 0.29) is 22.4 Å². The Morgan fingerprint density at radius 1 is 1.15 bits per heavy atom. The van der Waals surface area contributed by atoms with Crippen LogP contribution in [0.5, 0.6) is 0 Å². The van der Waals surface area contributed by atoms with Gasteiger partial charge >= 0.3 is 0 Å². The SMILES string of the molecule is O=C(NCc1ccc(Cn2ccnc2)cc1)c1cccnc1SC(F)F. The predicted molar refractivity (Wildman–Crippen MR) is 95.0 cm³/mol. The summed E-state index contributed by atoms with van der Waals surface area (Å²) in [5, 5.41) is 2.77. The van der Waals surface area contributed by atoms with Crippen LogP contribution in [0.3, 0.4) is 0 Å². The highest BCUT2D eigenvalue weighted by atomic mass is 32.2. The molecule has 0 bridgehead atoms. The van der Waals surface area contributed by atoms with Gasteiger partial charge in [-0.25, -0.2) is 9.97 Å². The van der Waals surface area contributed by atoms with Crippen molar-refractivity contribution in [2.75, 3.05) is 0 Å². The third kappa shape index (κ3) is 4.89. The summed E-state index contributed by atoms with van der Waals surface area (Å²) in [5.41, 5.74) is 2.18. The number of aromatic nitrogens is 3. The van der Waals surface area contributed by atoms with Crippen LogP contribution in [-0.2, 0) is 13.1 Å². The fourth-order valence-corrected chi connectivity index (χ4v) is 2.95. The van der Waals surface area contributed by atoms with E-state index < -0.39 is 11.7 Å². The van der Waals surface area contributed by atoms with E-state index >= 15 is 0 Å². The van der Waals surface area contributed by atoms with Gasteiger partial charge in [-0.05, 0) is 35.0 Å². The molecule has 26 heavy (non-hydrogen) atoms. The van der Waals surface area contributed by atoms with Gasteiger partial charge < -0.3 is 9.88 Å². The third-order valence-electron chi connectivity index (χ3n) is 3.62. The van der Waals surface area contributed by atoms with Crippen LogP contribution in [0, 0.1) is 0 Å². The molecule has 2 aromatic heterocycles. The average Bonchev–Trinajstić information content (AvgIpc) is 3.14. The van der Waals surface area contributed by atoms with E-state index in [1.165, 1.54) is 12.3 Å². The molecule has 2 heterocycles. The van der Waals surface area contributed by atoms with Gasteiger partial charge in [-0.3, -0.25) is 4.79 Å². The standard InChI is InChI=1S/C18H16F2N4OS/c19-18(20)26-17-15(2-1-7-22-17)16(25)23-10-13-3-5-14(6-4-13)11-24-9-8-21-12-24/h1-9,12,18H,10-11H2,(H,23,25). The maximum Gasteiger partial charge on any atom is 0.290 e. The first-order valence-corrected chi connectivity index (χ1v) is 8.71. The number of carbonyl (C=O) groups excluding carboxylic acids is 1. The van der Waals surface area contributed by atoms with Crippen molar-refractivity contribution in [1.82, 2.24) is 19.9 Å². The van der Waals surface area contributed by atoms with Gasteiger partial charge in [-0.1, -0.05) is 24.3 Å². The summed E-state index contributed by atoms with van der Waals surface area (Å²) >= 11 is 0.266. The van der Waals surface area contributed by atoms with Crippen LogP contribution in [0.1, 0.15) is 21.5 Å². The molecule has 0 saturated carbocycles. The lowest BCUT2D eigenvalue weighted by Gasteiger charge is -2.09. The number of imidazole rings is 1. The molecule has 1 N–H and O–H groups in total. The number of pyridine rings is 1. The molecule has 0 radical (unpaired) electrons. The summed E-state index contributed by atoms with van der Waals surface area (Å²) < 4.78 is 27.1. The van der Waals surface area contributed by atoms with E-state index in [2.05, 4.69) is 15.3 Å². The third-order valence-corrected chi connectivity index (χ3v) is 4.34. The van der Waals surface area contributed by atoms with Crippen molar-refractivity contribution in [2.24, 2.45) is 0 Å². The Kier molecular flexibility index (Phi) is 5.96. The molecule has 5 nitrogen and oxygen atoms in total. The van der Waals surface area contributed by atoms with E-state index in [9.17, 15) is 13.6 Å². The van der Waals surface area contributed by atoms with Crippen LogP contribution in [0.15, 0.2) is 66.3 Å². The minimum atomic E-state index is -2.63. The van der Waals surface area contributed by atoms with Crippen molar-refractivity contribution in [1.29, 1.82) is 0 Å². The maximum atomic E-state index is 12.6. The number of benzene rings is 1. The van der Waals surface area contributed by atoms with Gasteiger partial charge in [0, 0.05) is 31.7 Å². The van der Waals surface area contributed by atoms with Crippen molar-refractivity contribution in [2.45, 2.75) is 23.9 Å². The Labute approximate surface area is 153 Å². The Morgan fingerprint density at radius 2 is 1.92 bits per heavy atom. The molecule has 1 aromatic carbocycles. The summed E-state index contributed by atoms with van der Waals surface area (Å²) in [6.07, 6.45) is 6.75. The van der Waals surface area contributed by atoms with Gasteiger partial charge in [0.2, 0.25) is 0 Å². The smallest absolute Gasteiger partial charge is 0.290 e. The Hall–Kier alpha value is -2.74. The molecule has 3 rings (SSSR count). The van der Waals surface area contributed by atoms with Crippen molar-refractivity contribution in [3.8, 4) is 0 Å². The van der Waals surface area contributed by atoms with Gasteiger partial charge in [-0.2, -0.15) is 8.78 Å².